The number of amides is 2. The Morgan fingerprint density at radius 3 is 1.93 bits per heavy atom. The zero-order valence-corrected chi connectivity index (χ0v) is 16.6. The molecule has 4 saturated carbocycles. The molecule has 0 spiro atoms. The second-order valence-corrected chi connectivity index (χ2v) is 10.3. The van der Waals surface area contributed by atoms with Crippen molar-refractivity contribution in [2.75, 3.05) is 19.6 Å². The monoisotopic (exact) mass is 388 g/mol. The van der Waals surface area contributed by atoms with Crippen LogP contribution in [0.2, 0.25) is 0 Å². The van der Waals surface area contributed by atoms with Crippen LogP contribution in [0, 0.1) is 29.1 Å². The van der Waals surface area contributed by atoms with E-state index in [2.05, 4.69) is 0 Å². The Morgan fingerprint density at radius 1 is 0.821 bits per heavy atom. The van der Waals surface area contributed by atoms with E-state index in [1.807, 2.05) is 9.80 Å². The van der Waals surface area contributed by atoms with E-state index < -0.39 is 5.97 Å². The van der Waals surface area contributed by atoms with Crippen molar-refractivity contribution in [3.8, 4) is 0 Å². The number of carboxylic acids is 1. The van der Waals surface area contributed by atoms with E-state index in [1.54, 1.807) is 0 Å². The average Bonchev–Trinajstić information content (AvgIpc) is 3.15. The van der Waals surface area contributed by atoms with E-state index in [1.165, 1.54) is 19.3 Å². The highest BCUT2D eigenvalue weighted by atomic mass is 16.4. The summed E-state index contributed by atoms with van der Waals surface area (Å²) < 4.78 is 0. The molecule has 154 valence electrons. The highest BCUT2D eigenvalue weighted by molar-refractivity contribution is 5.91. The molecule has 4 bridgehead atoms. The minimum atomic E-state index is -0.758. The van der Waals surface area contributed by atoms with Crippen LogP contribution in [0.5, 0.6) is 0 Å². The highest BCUT2D eigenvalue weighted by Gasteiger charge is 2.57. The highest BCUT2D eigenvalue weighted by Crippen LogP contribution is 2.60. The van der Waals surface area contributed by atoms with Gasteiger partial charge < -0.3 is 14.9 Å². The maximum Gasteiger partial charge on any atom is 0.306 e. The Bertz CT molecular complexity index is 647. The second kappa shape index (κ2) is 6.74. The van der Waals surface area contributed by atoms with Gasteiger partial charge in [-0.2, -0.15) is 0 Å². The van der Waals surface area contributed by atoms with Crippen LogP contribution in [0.25, 0.3) is 0 Å². The van der Waals surface area contributed by atoms with Crippen LogP contribution >= 0.6 is 0 Å². The molecule has 2 heterocycles. The maximum absolute atomic E-state index is 13.7. The van der Waals surface area contributed by atoms with Gasteiger partial charge in [0.15, 0.2) is 0 Å². The normalized spacial score (nSPS) is 40.1. The minimum absolute atomic E-state index is 0.0550. The van der Waals surface area contributed by atoms with Crippen LogP contribution in [-0.4, -0.2) is 58.4 Å². The van der Waals surface area contributed by atoms with Gasteiger partial charge in [-0.1, -0.05) is 0 Å². The van der Waals surface area contributed by atoms with E-state index in [9.17, 15) is 19.5 Å². The fourth-order valence-corrected chi connectivity index (χ4v) is 7.50. The van der Waals surface area contributed by atoms with Gasteiger partial charge in [0.05, 0.1) is 11.3 Å². The predicted octanol–water partition coefficient (Wildman–Crippen LogP) is 2.52. The van der Waals surface area contributed by atoms with Gasteiger partial charge in [-0.15, -0.1) is 0 Å². The van der Waals surface area contributed by atoms with E-state index in [0.717, 1.165) is 49.9 Å². The van der Waals surface area contributed by atoms with E-state index in [-0.39, 0.29) is 29.2 Å². The first kappa shape index (κ1) is 18.4. The van der Waals surface area contributed by atoms with Gasteiger partial charge in [0.2, 0.25) is 11.8 Å². The van der Waals surface area contributed by atoms with E-state index in [4.69, 9.17) is 0 Å². The Kier molecular flexibility index (Phi) is 4.44. The van der Waals surface area contributed by atoms with E-state index in [0.29, 0.717) is 32.5 Å². The van der Waals surface area contributed by atoms with Crippen LogP contribution in [-0.2, 0) is 14.4 Å². The van der Waals surface area contributed by atoms with E-state index >= 15 is 0 Å². The number of hydrogen-bond acceptors (Lipinski definition) is 3. The van der Waals surface area contributed by atoms with Crippen molar-refractivity contribution in [2.24, 2.45) is 29.1 Å². The summed E-state index contributed by atoms with van der Waals surface area (Å²) in [6.07, 6.45) is 9.77. The van der Waals surface area contributed by atoms with Gasteiger partial charge in [0, 0.05) is 19.6 Å². The molecule has 6 aliphatic rings. The van der Waals surface area contributed by atoms with Gasteiger partial charge in [0.1, 0.15) is 6.04 Å². The molecule has 1 atom stereocenters. The van der Waals surface area contributed by atoms with Crippen molar-refractivity contribution in [2.45, 2.75) is 70.3 Å². The molecule has 1 unspecified atom stereocenters. The third-order valence-corrected chi connectivity index (χ3v) is 8.45. The van der Waals surface area contributed by atoms with Crippen molar-refractivity contribution >= 4 is 17.8 Å². The number of carbonyl (C=O) groups is 3. The quantitative estimate of drug-likeness (QED) is 0.806. The molecular weight excluding hydrogens is 356 g/mol. The Hall–Kier alpha value is -1.59. The molecule has 6 rings (SSSR count). The van der Waals surface area contributed by atoms with Gasteiger partial charge in [0.25, 0.3) is 0 Å². The SMILES string of the molecule is O=C(O)C1CCN(C(=O)C2CCCN2C(=O)C23CC4CC(CC(C4)C2)C3)CC1. The van der Waals surface area contributed by atoms with Gasteiger partial charge in [-0.25, -0.2) is 0 Å². The lowest BCUT2D eigenvalue weighted by Crippen LogP contribution is -2.58. The summed E-state index contributed by atoms with van der Waals surface area (Å²) in [7, 11) is 0. The molecule has 4 aliphatic carbocycles. The van der Waals surface area contributed by atoms with Crippen molar-refractivity contribution in [3.63, 3.8) is 0 Å². The summed E-state index contributed by atoms with van der Waals surface area (Å²) in [5, 5.41) is 9.18. The van der Waals surface area contributed by atoms with Crippen LogP contribution in [0.3, 0.4) is 0 Å². The summed E-state index contributed by atoms with van der Waals surface area (Å²) in [6.45, 7) is 1.72. The standard InChI is InChI=1S/C22H32N2O4/c25-19(23-6-3-17(4-7-23)20(26)27)18-2-1-5-24(18)21(28)22-11-14-8-15(12-22)10-16(9-14)13-22/h14-18H,1-13H2,(H,26,27). The molecule has 2 saturated heterocycles. The number of piperidine rings is 1. The lowest BCUT2D eigenvalue weighted by molar-refractivity contribution is -0.162. The third-order valence-electron chi connectivity index (χ3n) is 8.45. The molecule has 1 N–H and O–H groups in total. The summed E-state index contributed by atoms with van der Waals surface area (Å²) in [5.74, 6) is 1.40. The summed E-state index contributed by atoms with van der Waals surface area (Å²) in [5.41, 5.74) is -0.187. The van der Waals surface area contributed by atoms with Crippen LogP contribution in [0.4, 0.5) is 0 Å². The largest absolute Gasteiger partial charge is 0.481 e. The molecule has 0 aromatic carbocycles. The van der Waals surface area contributed by atoms with Crippen LogP contribution in [0.15, 0.2) is 0 Å². The van der Waals surface area contributed by atoms with Crippen molar-refractivity contribution in [3.05, 3.63) is 0 Å². The van der Waals surface area contributed by atoms with Crippen LogP contribution < -0.4 is 0 Å². The lowest BCUT2D eigenvalue weighted by atomic mass is 9.49. The van der Waals surface area contributed by atoms with Crippen molar-refractivity contribution in [1.82, 2.24) is 9.80 Å². The number of hydrogen-bond donors (Lipinski definition) is 1. The molecule has 0 radical (unpaired) electrons. The zero-order chi connectivity index (χ0) is 19.5. The molecule has 2 amide bonds. The molecule has 6 fully saturated rings. The maximum atomic E-state index is 13.7. The molecule has 6 nitrogen and oxygen atoms in total. The fourth-order valence-electron chi connectivity index (χ4n) is 7.50. The number of likely N-dealkylation sites (tertiary alicyclic amines) is 2. The van der Waals surface area contributed by atoms with Gasteiger partial charge in [-0.05, 0) is 82.0 Å². The number of nitrogens with zero attached hydrogens (tertiary/aromatic N) is 2. The first-order valence-electron chi connectivity index (χ1n) is 11.3. The Morgan fingerprint density at radius 2 is 1.39 bits per heavy atom. The Labute approximate surface area is 166 Å². The van der Waals surface area contributed by atoms with Gasteiger partial charge in [-0.3, -0.25) is 14.4 Å². The van der Waals surface area contributed by atoms with Crippen molar-refractivity contribution < 1.29 is 19.5 Å². The topological polar surface area (TPSA) is 77.9 Å². The molecule has 0 aromatic heterocycles. The minimum Gasteiger partial charge on any atom is -0.481 e. The Balaban J connectivity index is 1.29. The number of aliphatic carboxylic acids is 1. The predicted molar refractivity (Wildman–Crippen MR) is 102 cm³/mol. The smallest absolute Gasteiger partial charge is 0.306 e. The molecule has 28 heavy (non-hydrogen) atoms. The molecule has 2 aliphatic heterocycles. The van der Waals surface area contributed by atoms with Gasteiger partial charge >= 0.3 is 5.97 Å². The first-order chi connectivity index (χ1) is 13.4. The number of rotatable bonds is 3. The van der Waals surface area contributed by atoms with Crippen molar-refractivity contribution in [1.29, 1.82) is 0 Å². The third kappa shape index (κ3) is 2.94. The molecule has 0 aromatic rings. The number of carbonyl (C=O) groups excluding carboxylic acids is 2. The second-order valence-electron chi connectivity index (χ2n) is 10.3. The van der Waals surface area contributed by atoms with Crippen LogP contribution in [0.1, 0.15) is 64.2 Å². The lowest BCUT2D eigenvalue weighted by Gasteiger charge is -2.56. The summed E-state index contributed by atoms with van der Waals surface area (Å²) in [6, 6.07) is -0.318. The average molecular weight is 389 g/mol. The molecular formula is C22H32N2O4. The summed E-state index contributed by atoms with van der Waals surface area (Å²) >= 11 is 0. The molecule has 6 heteroatoms. The fraction of sp³-hybridized carbons (Fsp3) is 0.864. The first-order valence-corrected chi connectivity index (χ1v) is 11.3. The summed E-state index contributed by atoms with van der Waals surface area (Å²) in [4.78, 5) is 41.8. The zero-order valence-electron chi connectivity index (χ0n) is 16.6. The number of carboxylic acid groups (broad SMARTS) is 1.